The summed E-state index contributed by atoms with van der Waals surface area (Å²) in [7, 11) is -9.16. The second-order valence-electron chi connectivity index (χ2n) is 12.6. The highest BCUT2D eigenvalue weighted by Crippen LogP contribution is 2.49. The third-order valence-corrected chi connectivity index (χ3v) is 10.8. The summed E-state index contributed by atoms with van der Waals surface area (Å²) in [4.78, 5) is 16.0. The van der Waals surface area contributed by atoms with Gasteiger partial charge < -0.3 is 35.3 Å². The molecule has 7 N–H and O–H groups in total. The van der Waals surface area contributed by atoms with E-state index in [0.29, 0.717) is 0 Å². The molecule has 0 radical (unpaired) electrons. The molecule has 5 aromatic carbocycles. The van der Waals surface area contributed by atoms with Crippen LogP contribution in [-0.2, 0) is 25.0 Å². The molecule has 0 saturated carbocycles. The number of hydrogen-bond donors (Lipinski definition) is 7. The topological polar surface area (TPSA) is 233 Å². The van der Waals surface area contributed by atoms with Crippen LogP contribution in [0.5, 0.6) is 11.5 Å². The average Bonchev–Trinajstić information content (AvgIpc) is 3.15. The maximum atomic E-state index is 13.7. The number of allylic oxidation sites excluding steroid dienone is 2. The maximum Gasteiger partial charge on any atom is 0.294 e. The standard InChI is InChI=1S/C40H30N2O12S2/c43-31-19-27(41(23-7-3-1-4-8-23)24-9-5-2-6-10-24)20-32(44)35(31)37-39(47)38(40(37)48)36-33(45)21-28(22-34(36)46)42(25-11-15-29(16-12-25)55(49,50)51)26-13-17-30(18-14-26)56(52,53)54/h1-22,27,43-47H,(H,49,50,51)(H,52,53,54). The number of phenolic OH excluding ortho intramolecular Hbond substituents is 2. The van der Waals surface area contributed by atoms with Crippen molar-refractivity contribution in [3.05, 3.63) is 167 Å². The first-order valence-corrected chi connectivity index (χ1v) is 19.4. The Labute approximate surface area is 319 Å². The summed E-state index contributed by atoms with van der Waals surface area (Å²) in [6, 6.07) is 29.2. The number of aliphatic hydroxyl groups is 3. The van der Waals surface area contributed by atoms with Gasteiger partial charge in [-0.3, -0.25) is 13.9 Å². The van der Waals surface area contributed by atoms with Crippen LogP contribution in [0.3, 0.4) is 0 Å². The number of nitrogens with zero attached hydrogens (tertiary/aromatic N) is 2. The molecule has 0 heterocycles. The second-order valence-corrected chi connectivity index (χ2v) is 15.4. The number of rotatable bonds is 9. The largest absolute Gasteiger partial charge is 0.507 e. The predicted octanol–water partition coefficient (Wildman–Crippen LogP) is 7.31. The molecule has 0 fully saturated rings. The summed E-state index contributed by atoms with van der Waals surface area (Å²) in [5.74, 6) is -4.10. The van der Waals surface area contributed by atoms with Crippen molar-refractivity contribution in [3.63, 3.8) is 0 Å². The van der Waals surface area contributed by atoms with Gasteiger partial charge in [0.2, 0.25) is 5.78 Å². The van der Waals surface area contributed by atoms with Crippen LogP contribution in [0.15, 0.2) is 172 Å². The van der Waals surface area contributed by atoms with Crippen molar-refractivity contribution in [1.29, 1.82) is 0 Å². The average molecular weight is 795 g/mol. The molecule has 2 aliphatic carbocycles. The molecular weight excluding hydrogens is 765 g/mol. The van der Waals surface area contributed by atoms with Gasteiger partial charge in [0.1, 0.15) is 28.8 Å². The van der Waals surface area contributed by atoms with Crippen LogP contribution in [0.2, 0.25) is 0 Å². The first-order valence-electron chi connectivity index (χ1n) is 16.5. The van der Waals surface area contributed by atoms with E-state index >= 15 is 0 Å². The van der Waals surface area contributed by atoms with Gasteiger partial charge in [-0.2, -0.15) is 16.8 Å². The van der Waals surface area contributed by atoms with E-state index in [-0.39, 0.29) is 22.6 Å². The zero-order valence-corrected chi connectivity index (χ0v) is 30.3. The number of aromatic hydroxyl groups is 2. The molecule has 14 nitrogen and oxygen atoms in total. The van der Waals surface area contributed by atoms with Gasteiger partial charge in [0.15, 0.2) is 0 Å². The van der Waals surface area contributed by atoms with Crippen molar-refractivity contribution in [2.75, 3.05) is 9.80 Å². The molecule has 0 unspecified atom stereocenters. The number of hydrogen-bond acceptors (Lipinski definition) is 12. The van der Waals surface area contributed by atoms with E-state index in [2.05, 4.69) is 0 Å². The third-order valence-electron chi connectivity index (χ3n) is 9.09. The predicted molar refractivity (Wildman–Crippen MR) is 206 cm³/mol. The highest BCUT2D eigenvalue weighted by Gasteiger charge is 2.43. The zero-order chi connectivity index (χ0) is 40.1. The van der Waals surface area contributed by atoms with Crippen LogP contribution in [-0.4, -0.2) is 63.3 Å². The first kappa shape index (κ1) is 37.5. The number of Topliss-reactive ketones (excluding diaryl/α,β-unsaturated/α-hetero) is 1. The summed E-state index contributed by atoms with van der Waals surface area (Å²) >= 11 is 0. The molecule has 0 saturated heterocycles. The smallest absolute Gasteiger partial charge is 0.294 e. The van der Waals surface area contributed by atoms with Crippen molar-refractivity contribution < 1.29 is 56.3 Å². The van der Waals surface area contributed by atoms with Gasteiger partial charge in [-0.15, -0.1) is 0 Å². The molecule has 284 valence electrons. The van der Waals surface area contributed by atoms with Crippen molar-refractivity contribution in [2.24, 2.45) is 0 Å². The summed E-state index contributed by atoms with van der Waals surface area (Å²) in [6.45, 7) is 0. The van der Waals surface area contributed by atoms with Gasteiger partial charge in [0, 0.05) is 34.9 Å². The van der Waals surface area contributed by atoms with Gasteiger partial charge in [-0.25, -0.2) is 0 Å². The van der Waals surface area contributed by atoms with Crippen LogP contribution < -0.4 is 9.80 Å². The zero-order valence-electron chi connectivity index (χ0n) is 28.7. The number of carbonyl (C=O) groups is 1. The van der Waals surface area contributed by atoms with Gasteiger partial charge in [0.05, 0.1) is 43.8 Å². The Balaban J connectivity index is 1.27. The highest BCUT2D eigenvalue weighted by atomic mass is 32.2. The fraction of sp³-hybridized carbons (Fsp3) is 0.0250. The van der Waals surface area contributed by atoms with E-state index < -0.39 is 87.3 Å². The van der Waals surface area contributed by atoms with Crippen molar-refractivity contribution in [2.45, 2.75) is 15.8 Å². The van der Waals surface area contributed by atoms with Gasteiger partial charge >= 0.3 is 0 Å². The lowest BCUT2D eigenvalue weighted by Crippen LogP contribution is -2.32. The molecule has 0 aromatic heterocycles. The van der Waals surface area contributed by atoms with E-state index in [9.17, 15) is 56.3 Å². The Hall–Kier alpha value is -6.85. The summed E-state index contributed by atoms with van der Waals surface area (Å²) < 4.78 is 65.6. The number of para-hydroxylation sites is 2. The molecule has 0 amide bonds. The van der Waals surface area contributed by atoms with Gasteiger partial charge in [0.25, 0.3) is 20.2 Å². The van der Waals surface area contributed by atoms with Gasteiger partial charge in [-0.05, 0) is 84.9 Å². The number of phenols is 2. The number of anilines is 5. The lowest BCUT2D eigenvalue weighted by molar-refractivity contribution is -0.111. The molecule has 0 bridgehead atoms. The third kappa shape index (κ3) is 6.84. The number of aliphatic hydroxyl groups excluding tert-OH is 3. The fourth-order valence-electron chi connectivity index (χ4n) is 6.58. The molecule has 0 atom stereocenters. The minimum Gasteiger partial charge on any atom is -0.507 e. The van der Waals surface area contributed by atoms with Gasteiger partial charge in [-0.1, -0.05) is 36.4 Å². The number of carbonyl (C=O) groups excluding carboxylic acids is 1. The summed E-state index contributed by atoms with van der Waals surface area (Å²) in [6.07, 6.45) is 2.79. The monoisotopic (exact) mass is 794 g/mol. The van der Waals surface area contributed by atoms with E-state index in [4.69, 9.17) is 0 Å². The Bertz CT molecular complexity index is 2590. The SMILES string of the molecule is O=C1C(=C2C(O)=CC(N(c3ccccc3)c3ccccc3)C=C2O)C(O)=C1c1c(O)cc(N(c2ccc(S(=O)(=O)O)cc2)c2ccc(S(=O)(=O)O)cc2)cc1O. The minimum absolute atomic E-state index is 0.00531. The lowest BCUT2D eigenvalue weighted by Gasteiger charge is -2.33. The molecule has 5 aromatic rings. The minimum atomic E-state index is -4.58. The van der Waals surface area contributed by atoms with Crippen molar-refractivity contribution >= 4 is 60.0 Å². The van der Waals surface area contributed by atoms with Crippen LogP contribution in [0.1, 0.15) is 5.56 Å². The fourth-order valence-corrected chi connectivity index (χ4v) is 7.54. The van der Waals surface area contributed by atoms with Crippen molar-refractivity contribution in [3.8, 4) is 11.5 Å². The summed E-state index contributed by atoms with van der Waals surface area (Å²) in [5, 5.41) is 56.2. The Morgan fingerprint density at radius 2 is 0.893 bits per heavy atom. The molecule has 0 aliphatic heterocycles. The molecule has 7 rings (SSSR count). The van der Waals surface area contributed by atoms with E-state index in [1.165, 1.54) is 41.3 Å². The lowest BCUT2D eigenvalue weighted by atomic mass is 9.78. The van der Waals surface area contributed by atoms with Crippen LogP contribution in [0.25, 0.3) is 5.57 Å². The Kier molecular flexibility index (Phi) is 9.43. The molecule has 56 heavy (non-hydrogen) atoms. The second kappa shape index (κ2) is 14.1. The Morgan fingerprint density at radius 1 is 0.482 bits per heavy atom. The normalized spacial score (nSPS) is 15.9. The molecule has 2 aliphatic rings. The molecular formula is C40H30N2O12S2. The Morgan fingerprint density at radius 3 is 1.27 bits per heavy atom. The van der Waals surface area contributed by atoms with Crippen LogP contribution in [0, 0.1) is 0 Å². The first-order chi connectivity index (χ1) is 26.5. The number of ketones is 1. The van der Waals surface area contributed by atoms with E-state index in [1.807, 2.05) is 65.6 Å². The quantitative estimate of drug-likeness (QED) is 0.0573. The highest BCUT2D eigenvalue weighted by molar-refractivity contribution is 7.86. The maximum absolute atomic E-state index is 13.7. The van der Waals surface area contributed by atoms with E-state index in [1.54, 1.807) is 0 Å². The number of benzene rings is 5. The van der Waals surface area contributed by atoms with Crippen LogP contribution >= 0.6 is 0 Å². The summed E-state index contributed by atoms with van der Waals surface area (Å²) in [5.41, 5.74) is 0.0101. The molecule has 16 heteroatoms. The van der Waals surface area contributed by atoms with Crippen molar-refractivity contribution in [1.82, 2.24) is 0 Å². The molecule has 0 spiro atoms. The van der Waals surface area contributed by atoms with E-state index in [0.717, 1.165) is 47.8 Å². The van der Waals surface area contributed by atoms with Crippen LogP contribution in [0.4, 0.5) is 28.4 Å².